The predicted molar refractivity (Wildman–Crippen MR) is 82.1 cm³/mol. The largest absolute Gasteiger partial charge is 0.366 e. The summed E-state index contributed by atoms with van der Waals surface area (Å²) >= 11 is 0. The summed E-state index contributed by atoms with van der Waals surface area (Å²) in [5.74, 6) is 0.195. The van der Waals surface area contributed by atoms with Gasteiger partial charge in [-0.3, -0.25) is 14.5 Å². The minimum atomic E-state index is -0.476. The molecule has 0 atom stereocenters. The Labute approximate surface area is 125 Å². The molecule has 1 saturated heterocycles. The summed E-state index contributed by atoms with van der Waals surface area (Å²) in [4.78, 5) is 27.7. The Bertz CT molecular complexity index is 503. The molecule has 1 heterocycles. The smallest absolute Gasteiger partial charge is 0.253 e. The molecule has 2 amide bonds. The van der Waals surface area contributed by atoms with E-state index < -0.39 is 5.91 Å². The van der Waals surface area contributed by atoms with Crippen molar-refractivity contribution < 1.29 is 9.59 Å². The van der Waals surface area contributed by atoms with Crippen molar-refractivity contribution in [3.63, 3.8) is 0 Å². The minimum absolute atomic E-state index is 0.0233. The van der Waals surface area contributed by atoms with Gasteiger partial charge in [-0.15, -0.1) is 0 Å². The molecule has 0 saturated carbocycles. The number of nitrogens with two attached hydrogens (primary N) is 1. The lowest BCUT2D eigenvalue weighted by molar-refractivity contribution is 0.0623. The van der Waals surface area contributed by atoms with Crippen LogP contribution in [0.1, 0.15) is 34.6 Å². The Balaban J connectivity index is 1.94. The van der Waals surface area contributed by atoms with Crippen molar-refractivity contribution in [1.29, 1.82) is 0 Å². The summed E-state index contributed by atoms with van der Waals surface area (Å²) in [5, 5.41) is 0. The second kappa shape index (κ2) is 6.72. The molecule has 0 unspecified atom stereocenters. The third-order valence-electron chi connectivity index (χ3n) is 3.70. The topological polar surface area (TPSA) is 66.6 Å². The van der Waals surface area contributed by atoms with Crippen molar-refractivity contribution in [1.82, 2.24) is 9.80 Å². The molecular weight excluding hydrogens is 266 g/mol. The molecule has 1 aliphatic rings. The highest BCUT2D eigenvalue weighted by Crippen LogP contribution is 2.11. The average molecular weight is 289 g/mol. The Kier molecular flexibility index (Phi) is 4.96. The van der Waals surface area contributed by atoms with Crippen LogP contribution >= 0.6 is 0 Å². The lowest BCUT2D eigenvalue weighted by atomic mass is 10.1. The number of rotatable bonds is 4. The van der Waals surface area contributed by atoms with E-state index in [0.29, 0.717) is 17.0 Å². The first-order valence-corrected chi connectivity index (χ1v) is 7.39. The fourth-order valence-corrected chi connectivity index (χ4v) is 2.61. The highest BCUT2D eigenvalue weighted by atomic mass is 16.2. The van der Waals surface area contributed by atoms with Crippen molar-refractivity contribution in [2.45, 2.75) is 13.8 Å². The van der Waals surface area contributed by atoms with Crippen LogP contribution in [0.15, 0.2) is 24.3 Å². The van der Waals surface area contributed by atoms with E-state index in [0.717, 1.165) is 32.7 Å². The molecule has 0 bridgehead atoms. The molecule has 5 nitrogen and oxygen atoms in total. The second-order valence-electron chi connectivity index (χ2n) is 5.93. The van der Waals surface area contributed by atoms with Gasteiger partial charge in [0.2, 0.25) is 5.91 Å². The maximum absolute atomic E-state index is 12.4. The number of benzene rings is 1. The van der Waals surface area contributed by atoms with Crippen LogP contribution in [0, 0.1) is 5.92 Å². The van der Waals surface area contributed by atoms with E-state index in [1.807, 2.05) is 4.90 Å². The molecule has 1 fully saturated rings. The van der Waals surface area contributed by atoms with Crippen LogP contribution in [0.25, 0.3) is 0 Å². The van der Waals surface area contributed by atoms with E-state index in [4.69, 9.17) is 5.73 Å². The average Bonchev–Trinajstić information content (AvgIpc) is 2.47. The van der Waals surface area contributed by atoms with E-state index in [1.54, 1.807) is 24.3 Å². The molecule has 2 N–H and O–H groups in total. The van der Waals surface area contributed by atoms with E-state index in [-0.39, 0.29) is 5.91 Å². The molecule has 21 heavy (non-hydrogen) atoms. The summed E-state index contributed by atoms with van der Waals surface area (Å²) in [6, 6.07) is 6.54. The highest BCUT2D eigenvalue weighted by Gasteiger charge is 2.22. The van der Waals surface area contributed by atoms with Crippen molar-refractivity contribution >= 4 is 11.8 Å². The number of nitrogens with zero attached hydrogens (tertiary/aromatic N) is 2. The number of carbonyl (C=O) groups is 2. The summed E-state index contributed by atoms with van der Waals surface area (Å²) < 4.78 is 0. The Hall–Kier alpha value is -1.88. The van der Waals surface area contributed by atoms with Gasteiger partial charge in [-0.25, -0.2) is 0 Å². The van der Waals surface area contributed by atoms with Gasteiger partial charge in [0, 0.05) is 43.9 Å². The van der Waals surface area contributed by atoms with Crippen molar-refractivity contribution in [2.24, 2.45) is 11.7 Å². The first-order chi connectivity index (χ1) is 9.97. The summed E-state index contributed by atoms with van der Waals surface area (Å²) in [6.45, 7) is 8.84. The zero-order valence-electron chi connectivity index (χ0n) is 12.7. The van der Waals surface area contributed by atoms with Gasteiger partial charge in [0.15, 0.2) is 0 Å². The van der Waals surface area contributed by atoms with Crippen LogP contribution in [-0.4, -0.2) is 54.3 Å². The van der Waals surface area contributed by atoms with Crippen LogP contribution in [-0.2, 0) is 0 Å². The van der Waals surface area contributed by atoms with Crippen molar-refractivity contribution in [3.8, 4) is 0 Å². The first-order valence-electron chi connectivity index (χ1n) is 7.39. The monoisotopic (exact) mass is 289 g/mol. The van der Waals surface area contributed by atoms with Gasteiger partial charge in [0.05, 0.1) is 0 Å². The molecule has 0 spiro atoms. The first kappa shape index (κ1) is 15.5. The van der Waals surface area contributed by atoms with Gasteiger partial charge in [-0.2, -0.15) is 0 Å². The molecule has 0 radical (unpaired) electrons. The quantitative estimate of drug-likeness (QED) is 0.905. The van der Waals surface area contributed by atoms with Gasteiger partial charge in [-0.1, -0.05) is 13.8 Å². The zero-order chi connectivity index (χ0) is 15.4. The minimum Gasteiger partial charge on any atom is -0.366 e. The standard InChI is InChI=1S/C16H23N3O2/c1-12(2)11-18-7-9-19(10-8-18)16(21)14-5-3-13(4-6-14)15(17)20/h3-6,12H,7-11H2,1-2H3,(H2,17,20). The molecule has 0 aliphatic carbocycles. The van der Waals surface area contributed by atoms with Gasteiger partial charge in [0.1, 0.15) is 0 Å². The van der Waals surface area contributed by atoms with Gasteiger partial charge in [-0.05, 0) is 30.2 Å². The normalized spacial score (nSPS) is 16.2. The highest BCUT2D eigenvalue weighted by molar-refractivity contribution is 5.97. The third kappa shape index (κ3) is 4.04. The van der Waals surface area contributed by atoms with Crippen molar-refractivity contribution in [2.75, 3.05) is 32.7 Å². The lowest BCUT2D eigenvalue weighted by Crippen LogP contribution is -2.49. The zero-order valence-corrected chi connectivity index (χ0v) is 12.7. The SMILES string of the molecule is CC(C)CN1CCN(C(=O)c2ccc(C(N)=O)cc2)CC1. The lowest BCUT2D eigenvalue weighted by Gasteiger charge is -2.35. The van der Waals surface area contributed by atoms with Crippen molar-refractivity contribution in [3.05, 3.63) is 35.4 Å². The van der Waals surface area contributed by atoms with Crippen LogP contribution < -0.4 is 5.73 Å². The number of primary amides is 1. The second-order valence-corrected chi connectivity index (χ2v) is 5.93. The molecular formula is C16H23N3O2. The molecule has 1 aliphatic heterocycles. The van der Waals surface area contributed by atoms with Crippen LogP contribution in [0.4, 0.5) is 0 Å². The molecule has 114 valence electrons. The molecule has 2 rings (SSSR count). The maximum Gasteiger partial charge on any atom is 0.253 e. The fourth-order valence-electron chi connectivity index (χ4n) is 2.61. The number of amides is 2. The van der Waals surface area contributed by atoms with E-state index in [2.05, 4.69) is 18.7 Å². The van der Waals surface area contributed by atoms with Gasteiger partial charge >= 0.3 is 0 Å². The number of piperazine rings is 1. The number of carbonyl (C=O) groups excluding carboxylic acids is 2. The Morgan fingerprint density at radius 1 is 1.05 bits per heavy atom. The predicted octanol–water partition coefficient (Wildman–Crippen LogP) is 1.20. The van der Waals surface area contributed by atoms with Crippen LogP contribution in [0.5, 0.6) is 0 Å². The molecule has 5 heteroatoms. The summed E-state index contributed by atoms with van der Waals surface area (Å²) in [7, 11) is 0. The molecule has 0 aromatic heterocycles. The van der Waals surface area contributed by atoms with E-state index >= 15 is 0 Å². The van der Waals surface area contributed by atoms with Gasteiger partial charge in [0.25, 0.3) is 5.91 Å². The summed E-state index contributed by atoms with van der Waals surface area (Å²) in [5.41, 5.74) is 6.23. The molecule has 1 aromatic carbocycles. The number of hydrogen-bond acceptors (Lipinski definition) is 3. The van der Waals surface area contributed by atoms with Gasteiger partial charge < -0.3 is 10.6 Å². The molecule has 1 aromatic rings. The third-order valence-corrected chi connectivity index (χ3v) is 3.70. The Morgan fingerprint density at radius 3 is 2.05 bits per heavy atom. The number of hydrogen-bond donors (Lipinski definition) is 1. The van der Waals surface area contributed by atoms with Crippen LogP contribution in [0.3, 0.4) is 0 Å². The maximum atomic E-state index is 12.4. The Morgan fingerprint density at radius 2 is 1.57 bits per heavy atom. The fraction of sp³-hybridized carbons (Fsp3) is 0.500. The summed E-state index contributed by atoms with van der Waals surface area (Å²) in [6.07, 6.45) is 0. The van der Waals surface area contributed by atoms with E-state index in [1.165, 1.54) is 0 Å². The van der Waals surface area contributed by atoms with Crippen LogP contribution in [0.2, 0.25) is 0 Å². The van der Waals surface area contributed by atoms with E-state index in [9.17, 15) is 9.59 Å².